The molecule has 0 radical (unpaired) electrons. The van der Waals surface area contributed by atoms with Gasteiger partial charge in [0.15, 0.2) is 0 Å². The maximum Gasteiger partial charge on any atom is 0.0368 e. The lowest BCUT2D eigenvalue weighted by atomic mass is 9.91. The van der Waals surface area contributed by atoms with Gasteiger partial charge in [-0.3, -0.25) is 0 Å². The minimum atomic E-state index is 0.832. The summed E-state index contributed by atoms with van der Waals surface area (Å²) in [6, 6.07) is 9.94. The van der Waals surface area contributed by atoms with Crippen LogP contribution in [0.4, 0.5) is 5.69 Å². The van der Waals surface area contributed by atoms with Gasteiger partial charge in [0.1, 0.15) is 0 Å². The first-order valence-electron chi connectivity index (χ1n) is 6.80. The molecule has 17 heavy (non-hydrogen) atoms. The number of alkyl halides is 1. The van der Waals surface area contributed by atoms with Crippen LogP contribution in [0.25, 0.3) is 0 Å². The number of hydrogen-bond acceptors (Lipinski definition) is 1. The van der Waals surface area contributed by atoms with E-state index in [0.29, 0.717) is 0 Å². The van der Waals surface area contributed by atoms with Crippen molar-refractivity contribution in [3.8, 4) is 0 Å². The van der Waals surface area contributed by atoms with Gasteiger partial charge in [-0.2, -0.15) is 0 Å². The molecular weight excluding hydrogens is 274 g/mol. The summed E-state index contributed by atoms with van der Waals surface area (Å²) < 4.78 is 0. The van der Waals surface area contributed by atoms with Crippen molar-refractivity contribution in [2.75, 3.05) is 11.4 Å². The lowest BCUT2D eigenvalue weighted by Gasteiger charge is -2.39. The molecule has 2 aliphatic rings. The Bertz CT molecular complexity index is 373. The van der Waals surface area contributed by atoms with Crippen LogP contribution in [-0.4, -0.2) is 12.6 Å². The highest BCUT2D eigenvalue weighted by Crippen LogP contribution is 2.39. The van der Waals surface area contributed by atoms with Crippen LogP contribution >= 0.6 is 15.9 Å². The summed E-state index contributed by atoms with van der Waals surface area (Å²) in [5.41, 5.74) is 2.81. The van der Waals surface area contributed by atoms with Crippen LogP contribution in [0, 0.1) is 5.92 Å². The summed E-state index contributed by atoms with van der Waals surface area (Å²) >= 11 is 3.51. The summed E-state index contributed by atoms with van der Waals surface area (Å²) in [6.07, 6.45) is 7.14. The number of rotatable bonds is 2. The van der Waals surface area contributed by atoms with Crippen LogP contribution in [0.15, 0.2) is 24.3 Å². The van der Waals surface area contributed by atoms with E-state index >= 15 is 0 Å². The molecule has 2 unspecified atom stereocenters. The fourth-order valence-corrected chi connectivity index (χ4v) is 3.92. The Labute approximate surface area is 112 Å². The van der Waals surface area contributed by atoms with Gasteiger partial charge in [-0.05, 0) is 49.3 Å². The fraction of sp³-hybridized carbons (Fsp3) is 0.600. The Morgan fingerprint density at radius 2 is 1.82 bits per heavy atom. The Morgan fingerprint density at radius 3 is 2.59 bits per heavy atom. The second-order valence-corrected chi connectivity index (χ2v) is 5.95. The maximum atomic E-state index is 3.51. The second kappa shape index (κ2) is 5.01. The van der Waals surface area contributed by atoms with Crippen LogP contribution in [-0.2, 0) is 5.33 Å². The number of anilines is 1. The largest absolute Gasteiger partial charge is 0.368 e. The average molecular weight is 294 g/mol. The summed E-state index contributed by atoms with van der Waals surface area (Å²) in [6.45, 7) is 1.26. The van der Waals surface area contributed by atoms with Gasteiger partial charge in [-0.25, -0.2) is 0 Å². The highest BCUT2D eigenvalue weighted by molar-refractivity contribution is 9.08. The average Bonchev–Trinajstić information content (AvgIpc) is 2.87. The topological polar surface area (TPSA) is 3.24 Å². The summed E-state index contributed by atoms with van der Waals surface area (Å²) in [4.78, 5) is 2.67. The minimum absolute atomic E-state index is 0.832. The quantitative estimate of drug-likeness (QED) is 0.733. The number of nitrogens with zero attached hydrogens (tertiary/aromatic N) is 1. The van der Waals surface area contributed by atoms with E-state index in [2.05, 4.69) is 45.1 Å². The lowest BCUT2D eigenvalue weighted by molar-refractivity contribution is 0.362. The lowest BCUT2D eigenvalue weighted by Crippen LogP contribution is -2.42. The molecule has 3 rings (SSSR count). The van der Waals surface area contributed by atoms with Crippen LogP contribution in [0.1, 0.15) is 37.7 Å². The zero-order valence-electron chi connectivity index (χ0n) is 10.2. The third-order valence-electron chi connectivity index (χ3n) is 4.42. The molecule has 1 nitrogen and oxygen atoms in total. The molecule has 1 saturated heterocycles. The molecule has 92 valence electrons. The van der Waals surface area contributed by atoms with Crippen molar-refractivity contribution in [3.05, 3.63) is 29.8 Å². The maximum absolute atomic E-state index is 3.51. The van der Waals surface area contributed by atoms with Crippen LogP contribution in [0.2, 0.25) is 0 Å². The monoisotopic (exact) mass is 293 g/mol. The molecule has 1 heterocycles. The standard InChI is InChI=1S/C15H20BrN/c16-11-12-6-8-14(9-7-12)17-10-2-4-13-3-1-5-15(13)17/h6-9,13,15H,1-5,10-11H2. The molecule has 1 aliphatic carbocycles. The fourth-order valence-electron chi connectivity index (χ4n) is 3.55. The van der Waals surface area contributed by atoms with Gasteiger partial charge in [0.05, 0.1) is 0 Å². The van der Waals surface area contributed by atoms with Crippen molar-refractivity contribution >= 4 is 21.6 Å². The first-order chi connectivity index (χ1) is 8.38. The molecule has 0 aromatic heterocycles. The van der Waals surface area contributed by atoms with E-state index in [9.17, 15) is 0 Å². The Kier molecular flexibility index (Phi) is 3.41. The van der Waals surface area contributed by atoms with Gasteiger partial charge in [-0.15, -0.1) is 0 Å². The van der Waals surface area contributed by atoms with Gasteiger partial charge in [0, 0.05) is 23.6 Å². The van der Waals surface area contributed by atoms with Gasteiger partial charge >= 0.3 is 0 Å². The summed E-state index contributed by atoms with van der Waals surface area (Å²) in [7, 11) is 0. The Hall–Kier alpha value is -0.500. The van der Waals surface area contributed by atoms with E-state index in [1.165, 1.54) is 49.9 Å². The molecule has 0 amide bonds. The smallest absolute Gasteiger partial charge is 0.0368 e. The molecular formula is C15H20BrN. The SMILES string of the molecule is BrCc1ccc(N2CCCC3CCCC32)cc1. The third kappa shape index (κ3) is 2.24. The number of benzene rings is 1. The molecule has 1 aliphatic heterocycles. The van der Waals surface area contributed by atoms with Crippen LogP contribution in [0.3, 0.4) is 0 Å². The molecule has 2 fully saturated rings. The molecule has 2 heteroatoms. The molecule has 1 aromatic rings. The van der Waals surface area contributed by atoms with Crippen molar-refractivity contribution in [1.82, 2.24) is 0 Å². The molecule has 0 spiro atoms. The molecule has 2 atom stereocenters. The van der Waals surface area contributed by atoms with Crippen molar-refractivity contribution < 1.29 is 0 Å². The van der Waals surface area contributed by atoms with Crippen LogP contribution in [0.5, 0.6) is 0 Å². The highest BCUT2D eigenvalue weighted by Gasteiger charge is 2.34. The van der Waals surface area contributed by atoms with Crippen molar-refractivity contribution in [2.24, 2.45) is 5.92 Å². The number of hydrogen-bond donors (Lipinski definition) is 0. The number of piperidine rings is 1. The predicted molar refractivity (Wildman–Crippen MR) is 76.8 cm³/mol. The van der Waals surface area contributed by atoms with E-state index < -0.39 is 0 Å². The Balaban J connectivity index is 1.81. The molecule has 0 bridgehead atoms. The van der Waals surface area contributed by atoms with Gasteiger partial charge in [0.2, 0.25) is 0 Å². The first-order valence-corrected chi connectivity index (χ1v) is 7.92. The van der Waals surface area contributed by atoms with Crippen LogP contribution < -0.4 is 4.90 Å². The van der Waals surface area contributed by atoms with Gasteiger partial charge in [-0.1, -0.05) is 34.5 Å². The van der Waals surface area contributed by atoms with E-state index in [4.69, 9.17) is 0 Å². The van der Waals surface area contributed by atoms with Gasteiger partial charge in [0.25, 0.3) is 0 Å². The minimum Gasteiger partial charge on any atom is -0.368 e. The third-order valence-corrected chi connectivity index (χ3v) is 5.06. The van der Waals surface area contributed by atoms with Crippen molar-refractivity contribution in [1.29, 1.82) is 0 Å². The van der Waals surface area contributed by atoms with E-state index in [-0.39, 0.29) is 0 Å². The van der Waals surface area contributed by atoms with Crippen molar-refractivity contribution in [3.63, 3.8) is 0 Å². The second-order valence-electron chi connectivity index (χ2n) is 5.39. The molecule has 1 aromatic carbocycles. The van der Waals surface area contributed by atoms with E-state index in [1.54, 1.807) is 0 Å². The number of fused-ring (bicyclic) bond motifs is 1. The van der Waals surface area contributed by atoms with E-state index in [1.807, 2.05) is 0 Å². The zero-order valence-corrected chi connectivity index (χ0v) is 11.8. The first kappa shape index (κ1) is 11.6. The molecule has 1 saturated carbocycles. The van der Waals surface area contributed by atoms with Crippen molar-refractivity contribution in [2.45, 2.75) is 43.5 Å². The summed E-state index contributed by atoms with van der Waals surface area (Å²) in [5, 5.41) is 0.958. The zero-order chi connectivity index (χ0) is 11.7. The number of halogens is 1. The normalized spacial score (nSPS) is 28.2. The summed E-state index contributed by atoms with van der Waals surface area (Å²) in [5.74, 6) is 0.972. The highest BCUT2D eigenvalue weighted by atomic mass is 79.9. The predicted octanol–water partition coefficient (Wildman–Crippen LogP) is 4.35. The Morgan fingerprint density at radius 1 is 1.06 bits per heavy atom. The van der Waals surface area contributed by atoms with Gasteiger partial charge < -0.3 is 4.90 Å². The van der Waals surface area contributed by atoms with E-state index in [0.717, 1.165) is 17.3 Å². The molecule has 0 N–H and O–H groups in total.